The second-order valence-corrected chi connectivity index (χ2v) is 5.58. The molecule has 1 aliphatic heterocycles. The zero-order valence-electron chi connectivity index (χ0n) is 12.1. The first-order valence-electron chi connectivity index (χ1n) is 7.75. The maximum Gasteiger partial charge on any atom is 0.330 e. The molecule has 110 valence electrons. The number of aliphatic hydroxyl groups is 1. The van der Waals surface area contributed by atoms with Crippen LogP contribution in [0.3, 0.4) is 0 Å². The van der Waals surface area contributed by atoms with Crippen molar-refractivity contribution in [2.24, 2.45) is 0 Å². The molecule has 0 unspecified atom stereocenters. The van der Waals surface area contributed by atoms with E-state index in [1.807, 2.05) is 6.92 Å². The summed E-state index contributed by atoms with van der Waals surface area (Å²) in [6, 6.07) is 0. The first kappa shape index (κ1) is 16.2. The molecule has 0 aliphatic carbocycles. The van der Waals surface area contributed by atoms with Crippen LogP contribution in [0.1, 0.15) is 71.1 Å². The lowest BCUT2D eigenvalue weighted by atomic mass is 10.0. The molecule has 3 heteroatoms. The first-order chi connectivity index (χ1) is 9.18. The second kappa shape index (κ2) is 10.0. The van der Waals surface area contributed by atoms with E-state index in [1.54, 1.807) is 6.08 Å². The lowest BCUT2D eigenvalue weighted by molar-refractivity contribution is -0.142. The van der Waals surface area contributed by atoms with Crippen molar-refractivity contribution in [1.82, 2.24) is 0 Å². The number of rotatable bonds is 0. The summed E-state index contributed by atoms with van der Waals surface area (Å²) in [5, 5.41) is 9.71. The predicted molar refractivity (Wildman–Crippen MR) is 76.9 cm³/mol. The SMILES string of the molecule is C[C@@H]1CCCCCCCCCC[C@H](O)/C=C/C(=O)O1. The predicted octanol–water partition coefficient (Wildman–Crippen LogP) is 3.75. The van der Waals surface area contributed by atoms with Crippen LogP contribution in [-0.2, 0) is 9.53 Å². The van der Waals surface area contributed by atoms with Crippen LogP contribution in [0.4, 0.5) is 0 Å². The normalized spacial score (nSPS) is 30.5. The Balaban J connectivity index is 2.40. The van der Waals surface area contributed by atoms with Gasteiger partial charge in [-0.1, -0.05) is 44.9 Å². The van der Waals surface area contributed by atoms with E-state index < -0.39 is 6.10 Å². The van der Waals surface area contributed by atoms with Gasteiger partial charge < -0.3 is 9.84 Å². The maximum atomic E-state index is 11.5. The number of esters is 1. The Morgan fingerprint density at radius 3 is 2.16 bits per heavy atom. The van der Waals surface area contributed by atoms with Crippen molar-refractivity contribution in [3.05, 3.63) is 12.2 Å². The van der Waals surface area contributed by atoms with Gasteiger partial charge in [0.25, 0.3) is 0 Å². The zero-order chi connectivity index (χ0) is 13.9. The van der Waals surface area contributed by atoms with Gasteiger partial charge in [0.15, 0.2) is 0 Å². The maximum absolute atomic E-state index is 11.5. The highest BCUT2D eigenvalue weighted by molar-refractivity contribution is 5.82. The molecule has 0 aromatic carbocycles. The van der Waals surface area contributed by atoms with Crippen molar-refractivity contribution >= 4 is 5.97 Å². The molecule has 3 nitrogen and oxygen atoms in total. The minimum atomic E-state index is -0.518. The molecular weight excluding hydrogens is 240 g/mol. The van der Waals surface area contributed by atoms with Gasteiger partial charge in [0.1, 0.15) is 0 Å². The Labute approximate surface area is 117 Å². The van der Waals surface area contributed by atoms with Gasteiger partial charge in [-0.2, -0.15) is 0 Å². The number of hydrogen-bond donors (Lipinski definition) is 1. The van der Waals surface area contributed by atoms with Crippen molar-refractivity contribution in [2.45, 2.75) is 83.3 Å². The van der Waals surface area contributed by atoms with E-state index in [9.17, 15) is 9.90 Å². The Hall–Kier alpha value is -0.830. The van der Waals surface area contributed by atoms with Crippen LogP contribution >= 0.6 is 0 Å². The molecule has 0 fully saturated rings. The average Bonchev–Trinajstić information content (AvgIpc) is 2.37. The number of hydrogen-bond acceptors (Lipinski definition) is 3. The van der Waals surface area contributed by atoms with Gasteiger partial charge in [0, 0.05) is 6.08 Å². The van der Waals surface area contributed by atoms with E-state index in [2.05, 4.69) is 0 Å². The molecule has 0 radical (unpaired) electrons. The molecule has 0 amide bonds. The molecule has 1 aliphatic rings. The monoisotopic (exact) mass is 268 g/mol. The van der Waals surface area contributed by atoms with Gasteiger partial charge in [-0.05, 0) is 32.3 Å². The van der Waals surface area contributed by atoms with Gasteiger partial charge in [-0.15, -0.1) is 0 Å². The summed E-state index contributed by atoms with van der Waals surface area (Å²) in [5.74, 6) is -0.335. The molecule has 0 aromatic rings. The summed E-state index contributed by atoms with van der Waals surface area (Å²) >= 11 is 0. The fourth-order valence-electron chi connectivity index (χ4n) is 2.43. The molecule has 0 bridgehead atoms. The highest BCUT2D eigenvalue weighted by atomic mass is 16.5. The molecule has 1 heterocycles. The highest BCUT2D eigenvalue weighted by Gasteiger charge is 2.08. The van der Waals surface area contributed by atoms with Crippen molar-refractivity contribution < 1.29 is 14.6 Å². The molecule has 0 spiro atoms. The molecule has 1 rings (SSSR count). The third-order valence-corrected chi connectivity index (χ3v) is 3.63. The zero-order valence-corrected chi connectivity index (χ0v) is 12.1. The Bertz CT molecular complexity index is 273. The molecule has 0 saturated carbocycles. The van der Waals surface area contributed by atoms with Crippen LogP contribution in [0.15, 0.2) is 12.2 Å². The average molecular weight is 268 g/mol. The van der Waals surface area contributed by atoms with Crippen LogP contribution < -0.4 is 0 Å². The van der Waals surface area contributed by atoms with Crippen LogP contribution in [0.5, 0.6) is 0 Å². The standard InChI is InChI=1S/C16H28O3/c1-14-10-8-6-4-2-3-5-7-9-11-15(17)12-13-16(18)19-14/h12-15,17H,2-11H2,1H3/b13-12+/t14-,15+/m1/s1. The number of carbonyl (C=O) groups excluding carboxylic acids is 1. The lowest BCUT2D eigenvalue weighted by Gasteiger charge is -2.12. The molecule has 19 heavy (non-hydrogen) atoms. The topological polar surface area (TPSA) is 46.5 Å². The molecule has 2 atom stereocenters. The van der Waals surface area contributed by atoms with Gasteiger partial charge in [-0.25, -0.2) is 4.79 Å². The molecule has 0 aromatic heterocycles. The van der Waals surface area contributed by atoms with E-state index in [0.29, 0.717) is 0 Å². The summed E-state index contributed by atoms with van der Waals surface area (Å²) < 4.78 is 5.26. The Kier molecular flexibility index (Phi) is 8.55. The van der Waals surface area contributed by atoms with Crippen molar-refractivity contribution in [3.8, 4) is 0 Å². The summed E-state index contributed by atoms with van der Waals surface area (Å²) in [6.07, 6.45) is 13.7. The molecule has 0 saturated heterocycles. The lowest BCUT2D eigenvalue weighted by Crippen LogP contribution is -2.13. The summed E-state index contributed by atoms with van der Waals surface area (Å²) in [7, 11) is 0. The summed E-state index contributed by atoms with van der Waals surface area (Å²) in [6.45, 7) is 1.94. The van der Waals surface area contributed by atoms with Crippen LogP contribution in [0.2, 0.25) is 0 Å². The summed E-state index contributed by atoms with van der Waals surface area (Å²) in [5.41, 5.74) is 0. The third kappa shape index (κ3) is 8.82. The minimum absolute atomic E-state index is 0.0257. The van der Waals surface area contributed by atoms with E-state index in [1.165, 1.54) is 44.6 Å². The van der Waals surface area contributed by atoms with Gasteiger partial charge in [-0.3, -0.25) is 0 Å². The van der Waals surface area contributed by atoms with E-state index in [-0.39, 0.29) is 12.1 Å². The van der Waals surface area contributed by atoms with Crippen LogP contribution in [-0.4, -0.2) is 23.3 Å². The fraction of sp³-hybridized carbons (Fsp3) is 0.812. The molecule has 1 N–H and O–H groups in total. The second-order valence-electron chi connectivity index (χ2n) is 5.58. The van der Waals surface area contributed by atoms with Gasteiger partial charge >= 0.3 is 5.97 Å². The Morgan fingerprint density at radius 2 is 1.53 bits per heavy atom. The number of carbonyl (C=O) groups is 1. The number of cyclic esters (lactones) is 1. The number of aliphatic hydroxyl groups excluding tert-OH is 1. The van der Waals surface area contributed by atoms with E-state index in [4.69, 9.17) is 4.74 Å². The van der Waals surface area contributed by atoms with Crippen molar-refractivity contribution in [1.29, 1.82) is 0 Å². The van der Waals surface area contributed by atoms with Gasteiger partial charge in [0.05, 0.1) is 12.2 Å². The van der Waals surface area contributed by atoms with Crippen LogP contribution in [0.25, 0.3) is 0 Å². The Morgan fingerprint density at radius 1 is 1.00 bits per heavy atom. The highest BCUT2D eigenvalue weighted by Crippen LogP contribution is 2.14. The minimum Gasteiger partial charge on any atom is -0.460 e. The first-order valence-corrected chi connectivity index (χ1v) is 7.75. The van der Waals surface area contributed by atoms with E-state index in [0.717, 1.165) is 25.7 Å². The molecular formula is C16H28O3. The van der Waals surface area contributed by atoms with E-state index >= 15 is 0 Å². The third-order valence-electron chi connectivity index (χ3n) is 3.63. The van der Waals surface area contributed by atoms with Crippen LogP contribution in [0, 0.1) is 0 Å². The smallest absolute Gasteiger partial charge is 0.330 e. The fourth-order valence-corrected chi connectivity index (χ4v) is 2.43. The quantitative estimate of drug-likeness (QED) is 0.681. The van der Waals surface area contributed by atoms with Crippen molar-refractivity contribution in [3.63, 3.8) is 0 Å². The van der Waals surface area contributed by atoms with Gasteiger partial charge in [0.2, 0.25) is 0 Å². The van der Waals surface area contributed by atoms with Crippen molar-refractivity contribution in [2.75, 3.05) is 0 Å². The summed E-state index contributed by atoms with van der Waals surface area (Å²) in [4.78, 5) is 11.5. The number of ether oxygens (including phenoxy) is 1. The largest absolute Gasteiger partial charge is 0.460 e.